The first-order valence-electron chi connectivity index (χ1n) is 6.89. The van der Waals surface area contributed by atoms with Gasteiger partial charge in [0.05, 0.1) is 13.2 Å². The summed E-state index contributed by atoms with van der Waals surface area (Å²) < 4.78 is 11.5. The van der Waals surface area contributed by atoms with Crippen LogP contribution >= 0.6 is 11.8 Å². The maximum Gasteiger partial charge on any atom is 0.161 e. The van der Waals surface area contributed by atoms with Gasteiger partial charge in [0, 0.05) is 29.5 Å². The zero-order valence-corrected chi connectivity index (χ0v) is 12.4. The zero-order chi connectivity index (χ0) is 13.3. The Balaban J connectivity index is 1.83. The standard InChI is InChI=1S/C15H21NO2S/c1-15(2)10-19-9-12(16-15)11-4-5-13-14(8-11)18-7-3-6-17-13/h4-5,8,12,16H,3,6-7,9-10H2,1-2H3. The van der Waals surface area contributed by atoms with Gasteiger partial charge in [0.2, 0.25) is 0 Å². The van der Waals surface area contributed by atoms with Crippen molar-refractivity contribution < 1.29 is 9.47 Å². The minimum atomic E-state index is 0.192. The summed E-state index contributed by atoms with van der Waals surface area (Å²) in [5.41, 5.74) is 1.49. The average Bonchev–Trinajstić information content (AvgIpc) is 2.61. The van der Waals surface area contributed by atoms with Gasteiger partial charge in [0.1, 0.15) is 0 Å². The predicted octanol–water partition coefficient (Wildman–Crippen LogP) is 3.00. The highest BCUT2D eigenvalue weighted by Gasteiger charge is 2.28. The number of hydrogen-bond donors (Lipinski definition) is 1. The van der Waals surface area contributed by atoms with Gasteiger partial charge in [-0.15, -0.1) is 0 Å². The SMILES string of the molecule is CC1(C)CSCC(c2ccc3c(c2)OCCCO3)N1. The third-order valence-corrected chi connectivity index (χ3v) is 4.98. The molecule has 4 heteroatoms. The Morgan fingerprint density at radius 1 is 1.21 bits per heavy atom. The summed E-state index contributed by atoms with van der Waals surface area (Å²) >= 11 is 2.01. The number of ether oxygens (including phenoxy) is 2. The molecule has 0 aromatic heterocycles. The highest BCUT2D eigenvalue weighted by molar-refractivity contribution is 7.99. The van der Waals surface area contributed by atoms with Crippen molar-refractivity contribution in [2.24, 2.45) is 0 Å². The molecule has 0 radical (unpaired) electrons. The van der Waals surface area contributed by atoms with Crippen molar-refractivity contribution in [2.75, 3.05) is 24.7 Å². The lowest BCUT2D eigenvalue weighted by Gasteiger charge is -2.37. The number of rotatable bonds is 1. The first kappa shape index (κ1) is 13.1. The van der Waals surface area contributed by atoms with Gasteiger partial charge < -0.3 is 14.8 Å². The second-order valence-corrected chi connectivity index (χ2v) is 6.88. The predicted molar refractivity (Wildman–Crippen MR) is 79.3 cm³/mol. The second kappa shape index (κ2) is 5.25. The Kier molecular flexibility index (Phi) is 3.63. The fraction of sp³-hybridized carbons (Fsp3) is 0.600. The molecule has 19 heavy (non-hydrogen) atoms. The van der Waals surface area contributed by atoms with Crippen molar-refractivity contribution in [2.45, 2.75) is 31.8 Å². The molecule has 104 valence electrons. The van der Waals surface area contributed by atoms with Gasteiger partial charge in [-0.25, -0.2) is 0 Å². The van der Waals surface area contributed by atoms with E-state index in [0.29, 0.717) is 6.04 Å². The Morgan fingerprint density at radius 3 is 2.79 bits per heavy atom. The lowest BCUT2D eigenvalue weighted by Crippen LogP contribution is -2.48. The monoisotopic (exact) mass is 279 g/mol. The molecule has 1 fully saturated rings. The van der Waals surface area contributed by atoms with Crippen LogP contribution in [-0.2, 0) is 0 Å². The second-order valence-electron chi connectivity index (χ2n) is 5.85. The van der Waals surface area contributed by atoms with Crippen molar-refractivity contribution in [1.82, 2.24) is 5.32 Å². The summed E-state index contributed by atoms with van der Waals surface area (Å²) in [6.07, 6.45) is 0.953. The highest BCUT2D eigenvalue weighted by atomic mass is 32.2. The van der Waals surface area contributed by atoms with Crippen molar-refractivity contribution >= 4 is 11.8 Å². The molecule has 2 aliphatic heterocycles. The summed E-state index contributed by atoms with van der Waals surface area (Å²) in [4.78, 5) is 0. The van der Waals surface area contributed by atoms with Crippen LogP contribution in [0, 0.1) is 0 Å². The molecule has 2 aliphatic rings. The Labute approximate surface area is 119 Å². The topological polar surface area (TPSA) is 30.5 Å². The van der Waals surface area contributed by atoms with E-state index in [-0.39, 0.29) is 5.54 Å². The molecular weight excluding hydrogens is 258 g/mol. The summed E-state index contributed by atoms with van der Waals surface area (Å²) in [5.74, 6) is 4.05. The van der Waals surface area contributed by atoms with Gasteiger partial charge in [-0.3, -0.25) is 0 Å². The number of benzene rings is 1. The summed E-state index contributed by atoms with van der Waals surface area (Å²) in [6, 6.07) is 6.74. The first-order valence-corrected chi connectivity index (χ1v) is 8.04. The summed E-state index contributed by atoms with van der Waals surface area (Å²) in [5, 5.41) is 3.71. The lowest BCUT2D eigenvalue weighted by molar-refractivity contribution is 0.296. The van der Waals surface area contributed by atoms with E-state index < -0.39 is 0 Å². The molecule has 2 heterocycles. The quantitative estimate of drug-likeness (QED) is 0.856. The van der Waals surface area contributed by atoms with E-state index in [4.69, 9.17) is 9.47 Å². The van der Waals surface area contributed by atoms with E-state index >= 15 is 0 Å². The van der Waals surface area contributed by atoms with E-state index in [9.17, 15) is 0 Å². The fourth-order valence-corrected chi connectivity index (χ4v) is 3.79. The molecule has 0 aliphatic carbocycles. The maximum atomic E-state index is 5.77. The van der Waals surface area contributed by atoms with Gasteiger partial charge in [0.15, 0.2) is 11.5 Å². The van der Waals surface area contributed by atoms with Crippen LogP contribution in [0.25, 0.3) is 0 Å². The number of thioether (sulfide) groups is 1. The molecule has 0 amide bonds. The van der Waals surface area contributed by atoms with Crippen LogP contribution < -0.4 is 14.8 Å². The average molecular weight is 279 g/mol. The summed E-state index contributed by atoms with van der Waals surface area (Å²) in [6.45, 7) is 6.01. The largest absolute Gasteiger partial charge is 0.490 e. The van der Waals surface area contributed by atoms with Crippen molar-refractivity contribution in [1.29, 1.82) is 0 Å². The van der Waals surface area contributed by atoms with Gasteiger partial charge in [-0.2, -0.15) is 11.8 Å². The van der Waals surface area contributed by atoms with Crippen LogP contribution in [-0.4, -0.2) is 30.3 Å². The van der Waals surface area contributed by atoms with Crippen molar-refractivity contribution in [3.05, 3.63) is 23.8 Å². The van der Waals surface area contributed by atoms with Crippen molar-refractivity contribution in [3.63, 3.8) is 0 Å². The third kappa shape index (κ3) is 3.00. The maximum absolute atomic E-state index is 5.77. The Bertz CT molecular complexity index is 461. The molecule has 0 spiro atoms. The molecule has 1 saturated heterocycles. The molecule has 1 atom stereocenters. The van der Waals surface area contributed by atoms with Crippen molar-refractivity contribution in [3.8, 4) is 11.5 Å². The minimum absolute atomic E-state index is 0.192. The third-order valence-electron chi connectivity index (χ3n) is 3.49. The molecule has 0 bridgehead atoms. The van der Waals surface area contributed by atoms with E-state index in [1.54, 1.807) is 0 Å². The highest BCUT2D eigenvalue weighted by Crippen LogP contribution is 2.35. The molecule has 3 nitrogen and oxygen atoms in total. The van der Waals surface area contributed by atoms with Crippen LogP contribution in [0.2, 0.25) is 0 Å². The van der Waals surface area contributed by atoms with Gasteiger partial charge in [0.25, 0.3) is 0 Å². The van der Waals surface area contributed by atoms with Gasteiger partial charge in [-0.05, 0) is 31.5 Å². The van der Waals surface area contributed by atoms with Crippen LogP contribution in [0.3, 0.4) is 0 Å². The van der Waals surface area contributed by atoms with Crippen LogP contribution in [0.15, 0.2) is 18.2 Å². The lowest BCUT2D eigenvalue weighted by atomic mass is 10.0. The number of nitrogens with one attached hydrogen (secondary N) is 1. The molecule has 1 N–H and O–H groups in total. The van der Waals surface area contributed by atoms with E-state index in [0.717, 1.165) is 42.6 Å². The number of hydrogen-bond acceptors (Lipinski definition) is 4. The fourth-order valence-electron chi connectivity index (χ4n) is 2.56. The smallest absolute Gasteiger partial charge is 0.161 e. The Morgan fingerprint density at radius 2 is 2.00 bits per heavy atom. The van der Waals surface area contributed by atoms with Gasteiger partial charge >= 0.3 is 0 Å². The minimum Gasteiger partial charge on any atom is -0.490 e. The van der Waals surface area contributed by atoms with Crippen LogP contribution in [0.4, 0.5) is 0 Å². The molecule has 3 rings (SSSR count). The van der Waals surface area contributed by atoms with E-state index in [1.807, 2.05) is 17.8 Å². The number of fused-ring (bicyclic) bond motifs is 1. The molecule has 1 aromatic carbocycles. The molecular formula is C15H21NO2S. The van der Waals surface area contributed by atoms with Gasteiger partial charge in [-0.1, -0.05) is 6.07 Å². The van der Waals surface area contributed by atoms with Crippen LogP contribution in [0.5, 0.6) is 11.5 Å². The zero-order valence-electron chi connectivity index (χ0n) is 11.6. The Hall–Kier alpha value is -0.870. The molecule has 0 saturated carbocycles. The van der Waals surface area contributed by atoms with E-state index in [1.165, 1.54) is 5.56 Å². The normalized spacial score (nSPS) is 25.7. The molecule has 1 unspecified atom stereocenters. The summed E-state index contributed by atoms with van der Waals surface area (Å²) in [7, 11) is 0. The van der Waals surface area contributed by atoms with Crippen LogP contribution in [0.1, 0.15) is 31.9 Å². The molecule has 1 aromatic rings. The first-order chi connectivity index (χ1) is 9.14. The van der Waals surface area contributed by atoms with E-state index in [2.05, 4.69) is 31.3 Å².